The lowest BCUT2D eigenvalue weighted by molar-refractivity contribution is -0.133. The number of aromatic amines is 1. The van der Waals surface area contributed by atoms with Crippen LogP contribution in [-0.4, -0.2) is 49.6 Å². The maximum absolute atomic E-state index is 12.3. The van der Waals surface area contributed by atoms with Gasteiger partial charge in [-0.1, -0.05) is 11.3 Å². The van der Waals surface area contributed by atoms with E-state index < -0.39 is 0 Å². The zero-order chi connectivity index (χ0) is 18.8. The molecule has 2 atom stereocenters. The van der Waals surface area contributed by atoms with Crippen LogP contribution in [0.2, 0.25) is 0 Å². The number of anilines is 1. The first kappa shape index (κ1) is 17.4. The number of rotatable bonds is 4. The zero-order valence-electron chi connectivity index (χ0n) is 14.8. The summed E-state index contributed by atoms with van der Waals surface area (Å²) >= 11 is 1.46. The smallest absolute Gasteiger partial charge is 0.237 e. The molecule has 9 heteroatoms. The molecule has 1 aliphatic rings. The fourth-order valence-electron chi connectivity index (χ4n) is 3.56. The predicted octanol–water partition coefficient (Wildman–Crippen LogP) is 2.79. The summed E-state index contributed by atoms with van der Waals surface area (Å²) in [4.78, 5) is 21.7. The first-order chi connectivity index (χ1) is 13.2. The van der Waals surface area contributed by atoms with Crippen molar-refractivity contribution < 1.29 is 4.79 Å². The first-order valence-corrected chi connectivity index (χ1v) is 9.71. The van der Waals surface area contributed by atoms with Crippen LogP contribution in [0.3, 0.4) is 0 Å². The molecule has 0 unspecified atom stereocenters. The molecule has 0 radical (unpaired) electrons. The highest BCUT2D eigenvalue weighted by molar-refractivity contribution is 7.12. The third-order valence-electron chi connectivity index (χ3n) is 4.96. The van der Waals surface area contributed by atoms with Crippen molar-refractivity contribution in [2.24, 2.45) is 0 Å². The molecular weight excluding hydrogens is 362 g/mol. The Morgan fingerprint density at radius 1 is 1.52 bits per heavy atom. The van der Waals surface area contributed by atoms with E-state index in [-0.39, 0.29) is 24.4 Å². The molecule has 0 aromatic carbocycles. The van der Waals surface area contributed by atoms with Crippen LogP contribution < -0.4 is 5.32 Å². The highest BCUT2D eigenvalue weighted by Gasteiger charge is 2.29. The lowest BCUT2D eigenvalue weighted by atomic mass is 9.98. The van der Waals surface area contributed by atoms with Crippen LogP contribution in [0.15, 0.2) is 24.0 Å². The number of likely N-dealkylation sites (tertiary alicyclic amines) is 1. The van der Waals surface area contributed by atoms with Gasteiger partial charge < -0.3 is 15.2 Å². The van der Waals surface area contributed by atoms with Crippen molar-refractivity contribution in [1.82, 2.24) is 25.1 Å². The number of nitrogens with zero attached hydrogens (tertiary/aromatic N) is 5. The molecule has 3 aromatic heterocycles. The molecule has 0 spiro atoms. The number of pyridine rings is 1. The van der Waals surface area contributed by atoms with E-state index in [0.717, 1.165) is 40.1 Å². The van der Waals surface area contributed by atoms with Crippen LogP contribution in [-0.2, 0) is 4.79 Å². The summed E-state index contributed by atoms with van der Waals surface area (Å²) in [6, 6.07) is 4.19. The van der Waals surface area contributed by atoms with Gasteiger partial charge >= 0.3 is 0 Å². The number of piperidine rings is 1. The molecule has 3 aromatic rings. The second-order valence-electron chi connectivity index (χ2n) is 6.68. The Kier molecular flexibility index (Phi) is 4.73. The average Bonchev–Trinajstić information content (AvgIpc) is 3.35. The van der Waals surface area contributed by atoms with E-state index in [9.17, 15) is 4.79 Å². The van der Waals surface area contributed by atoms with Gasteiger partial charge in [0.05, 0.1) is 17.3 Å². The van der Waals surface area contributed by atoms with Crippen LogP contribution >= 0.6 is 11.3 Å². The van der Waals surface area contributed by atoms with Gasteiger partial charge in [-0.25, -0.2) is 4.98 Å². The van der Waals surface area contributed by atoms with Crippen molar-refractivity contribution in [3.05, 3.63) is 24.0 Å². The summed E-state index contributed by atoms with van der Waals surface area (Å²) in [6.07, 6.45) is 5.42. The molecule has 4 rings (SSSR count). The second kappa shape index (κ2) is 7.32. The van der Waals surface area contributed by atoms with Gasteiger partial charge in [0.2, 0.25) is 5.91 Å². The third-order valence-corrected chi connectivity index (χ3v) is 5.68. The topological polar surface area (TPSA) is 111 Å². The van der Waals surface area contributed by atoms with E-state index in [4.69, 9.17) is 5.26 Å². The van der Waals surface area contributed by atoms with Gasteiger partial charge in [-0.2, -0.15) is 5.26 Å². The minimum Gasteiger partial charge on any atom is -0.379 e. The molecule has 8 nitrogen and oxygen atoms in total. The minimum absolute atomic E-state index is 0.0790. The van der Waals surface area contributed by atoms with Crippen LogP contribution in [0.4, 0.5) is 5.69 Å². The molecule has 0 aliphatic carbocycles. The molecular formula is C18H19N7OS. The fraction of sp³-hybridized carbons (Fsp3) is 0.389. The molecule has 1 saturated heterocycles. The van der Waals surface area contributed by atoms with Gasteiger partial charge in [-0.15, -0.1) is 10.2 Å². The Balaban J connectivity index is 1.65. The van der Waals surface area contributed by atoms with Crippen LogP contribution in [0.25, 0.3) is 21.6 Å². The Morgan fingerprint density at radius 2 is 2.41 bits per heavy atom. The van der Waals surface area contributed by atoms with Gasteiger partial charge in [0, 0.05) is 36.4 Å². The average molecular weight is 381 g/mol. The number of carbonyl (C=O) groups is 1. The number of nitrogens with one attached hydrogen (secondary N) is 2. The summed E-state index contributed by atoms with van der Waals surface area (Å²) in [6.45, 7) is 2.61. The standard InChI is InChI=1S/C18H19N7OS/c1-11-2-3-12(9-25(11)15(26)4-6-19)23-16-13-5-7-20-17(13)21-8-14(16)18-24-22-10-27-18/h5,7-8,10-12H,2-4,9H2,1H3,(H2,20,21,23)/t11-,12+/m0/s1. The Morgan fingerprint density at radius 3 is 3.19 bits per heavy atom. The highest BCUT2D eigenvalue weighted by atomic mass is 32.1. The van der Waals surface area contributed by atoms with Gasteiger partial charge in [0.1, 0.15) is 17.6 Å². The van der Waals surface area contributed by atoms with Crippen molar-refractivity contribution >= 4 is 34.0 Å². The van der Waals surface area contributed by atoms with E-state index in [0.29, 0.717) is 6.54 Å². The number of aromatic nitrogens is 4. The fourth-order valence-corrected chi connectivity index (χ4v) is 4.13. The number of carbonyl (C=O) groups excluding carboxylic acids is 1. The number of fused-ring (bicyclic) bond motifs is 1. The molecule has 1 aliphatic heterocycles. The Hall–Kier alpha value is -2.99. The van der Waals surface area contributed by atoms with Crippen LogP contribution in [0.5, 0.6) is 0 Å². The monoisotopic (exact) mass is 381 g/mol. The maximum Gasteiger partial charge on any atom is 0.237 e. The van der Waals surface area contributed by atoms with Gasteiger partial charge in [0.15, 0.2) is 5.01 Å². The molecule has 27 heavy (non-hydrogen) atoms. The molecule has 0 saturated carbocycles. The summed E-state index contributed by atoms with van der Waals surface area (Å²) in [5.74, 6) is -0.109. The van der Waals surface area contributed by atoms with Crippen molar-refractivity contribution in [1.29, 1.82) is 5.26 Å². The summed E-state index contributed by atoms with van der Waals surface area (Å²) < 4.78 is 0. The molecule has 4 heterocycles. The zero-order valence-corrected chi connectivity index (χ0v) is 15.7. The van der Waals surface area contributed by atoms with Crippen LogP contribution in [0, 0.1) is 11.3 Å². The first-order valence-electron chi connectivity index (χ1n) is 8.83. The molecule has 138 valence electrons. The number of amides is 1. The van der Waals surface area contributed by atoms with Crippen LogP contribution in [0.1, 0.15) is 26.2 Å². The Bertz CT molecular complexity index is 991. The maximum atomic E-state index is 12.3. The van der Waals surface area contributed by atoms with Gasteiger partial charge in [-0.3, -0.25) is 4.79 Å². The molecule has 1 amide bonds. The minimum atomic E-state index is -0.109. The lowest BCUT2D eigenvalue weighted by Gasteiger charge is -2.38. The van der Waals surface area contributed by atoms with Gasteiger partial charge in [-0.05, 0) is 25.8 Å². The molecule has 2 N–H and O–H groups in total. The molecule has 1 fully saturated rings. The number of H-pyrrole nitrogens is 1. The quantitative estimate of drug-likeness (QED) is 0.719. The van der Waals surface area contributed by atoms with E-state index in [2.05, 4.69) is 25.5 Å². The predicted molar refractivity (Wildman–Crippen MR) is 103 cm³/mol. The number of nitriles is 1. The van der Waals surface area contributed by atoms with Crippen molar-refractivity contribution in [3.63, 3.8) is 0 Å². The van der Waals surface area contributed by atoms with E-state index in [1.165, 1.54) is 11.3 Å². The van der Waals surface area contributed by atoms with Crippen molar-refractivity contribution in [2.45, 2.75) is 38.3 Å². The van der Waals surface area contributed by atoms with Crippen molar-refractivity contribution in [3.8, 4) is 16.6 Å². The van der Waals surface area contributed by atoms with Gasteiger partial charge in [0.25, 0.3) is 0 Å². The van der Waals surface area contributed by atoms with E-state index in [1.807, 2.05) is 30.2 Å². The van der Waals surface area contributed by atoms with E-state index >= 15 is 0 Å². The second-order valence-corrected chi connectivity index (χ2v) is 7.51. The van der Waals surface area contributed by atoms with E-state index in [1.54, 1.807) is 11.7 Å². The Labute approximate surface area is 160 Å². The third kappa shape index (κ3) is 3.36. The summed E-state index contributed by atoms with van der Waals surface area (Å²) in [5.41, 5.74) is 4.35. The largest absolute Gasteiger partial charge is 0.379 e. The normalized spacial score (nSPS) is 19.8. The number of hydrogen-bond donors (Lipinski definition) is 2. The summed E-state index contributed by atoms with van der Waals surface area (Å²) in [5, 5.41) is 22.4. The highest BCUT2D eigenvalue weighted by Crippen LogP contribution is 2.35. The summed E-state index contributed by atoms with van der Waals surface area (Å²) in [7, 11) is 0. The number of hydrogen-bond acceptors (Lipinski definition) is 7. The molecule has 0 bridgehead atoms. The lowest BCUT2D eigenvalue weighted by Crippen LogP contribution is -2.49. The SMILES string of the molecule is C[C@H]1CC[C@@H](Nc2c(-c3nncs3)cnc3[nH]ccc23)CN1C(=O)CC#N. The van der Waals surface area contributed by atoms with Crippen molar-refractivity contribution in [2.75, 3.05) is 11.9 Å².